The molecule has 1 fully saturated rings. The molecule has 5 rings (SSSR count). The molecule has 0 bridgehead atoms. The summed E-state index contributed by atoms with van der Waals surface area (Å²) < 4.78 is 15.8. The highest BCUT2D eigenvalue weighted by atomic mass is 79.9. The number of nitrogens with zero attached hydrogens (tertiary/aromatic N) is 1. The summed E-state index contributed by atoms with van der Waals surface area (Å²) >= 11 is 12.1. The normalized spacial score (nSPS) is 26.2. The molecule has 3 aromatic rings. The number of hydrogen-bond donors (Lipinski definition) is 1. The van der Waals surface area contributed by atoms with E-state index in [0.717, 1.165) is 15.7 Å². The van der Waals surface area contributed by atoms with Crippen LogP contribution in [0.3, 0.4) is 0 Å². The molecule has 5 atom stereocenters. The summed E-state index contributed by atoms with van der Waals surface area (Å²) in [5.41, 5.74) is 2.76. The molecule has 0 aromatic heterocycles. The minimum Gasteiger partial charge on any atom is -0.378 e. The molecule has 1 aliphatic carbocycles. The molecule has 8 heteroatoms. The Hall–Kier alpha value is -2.09. The summed E-state index contributed by atoms with van der Waals surface area (Å²) in [6, 6.07) is 19.4. The molecule has 0 spiro atoms. The highest BCUT2D eigenvalue weighted by Crippen LogP contribution is 2.58. The van der Waals surface area contributed by atoms with Crippen molar-refractivity contribution in [2.24, 2.45) is 5.92 Å². The maximum Gasteiger partial charge on any atom is 0.282 e. The van der Waals surface area contributed by atoms with Gasteiger partial charge in [-0.3, -0.25) is 10.1 Å². The highest BCUT2D eigenvalue weighted by molar-refractivity contribution is 9.10. The Morgan fingerprint density at radius 2 is 1.84 bits per heavy atom. The standard InChI is InChI=1S/C24H19BrClFN2O2S/c25-13-9-10-18-15(11-13)22-16(24(28-18)14-5-1-2-6-17(14)27)12-21(23(22)26)32-20-8-4-3-7-19(20)29(30)31/h1-11,16,21-24,28H,12H2/t16-,21+,22+,23-,24-/m0/s1. The van der Waals surface area contributed by atoms with Crippen molar-refractivity contribution in [2.75, 3.05) is 5.32 Å². The summed E-state index contributed by atoms with van der Waals surface area (Å²) in [6.45, 7) is 0. The first-order chi connectivity index (χ1) is 15.4. The predicted molar refractivity (Wildman–Crippen MR) is 130 cm³/mol. The maximum absolute atomic E-state index is 14.8. The molecule has 164 valence electrons. The molecule has 0 amide bonds. The van der Waals surface area contributed by atoms with Gasteiger partial charge in [0.05, 0.1) is 21.2 Å². The van der Waals surface area contributed by atoms with Gasteiger partial charge < -0.3 is 5.32 Å². The number of alkyl halides is 1. The van der Waals surface area contributed by atoms with Crippen LogP contribution in [0, 0.1) is 21.8 Å². The molecular formula is C24H19BrClFN2O2S. The summed E-state index contributed by atoms with van der Waals surface area (Å²) in [6.07, 6.45) is 0.716. The number of benzene rings is 3. The van der Waals surface area contributed by atoms with Crippen LogP contribution < -0.4 is 5.32 Å². The van der Waals surface area contributed by atoms with Crippen LogP contribution in [0.1, 0.15) is 29.5 Å². The Labute approximate surface area is 202 Å². The minimum absolute atomic E-state index is 0.00436. The Kier molecular flexibility index (Phi) is 5.90. The van der Waals surface area contributed by atoms with Crippen LogP contribution in [-0.4, -0.2) is 15.6 Å². The van der Waals surface area contributed by atoms with Crippen molar-refractivity contribution >= 4 is 50.7 Å². The summed E-state index contributed by atoms with van der Waals surface area (Å²) in [5.74, 6) is -0.197. The number of fused-ring (bicyclic) bond motifs is 3. The van der Waals surface area contributed by atoms with E-state index in [9.17, 15) is 14.5 Å². The van der Waals surface area contributed by atoms with E-state index < -0.39 is 0 Å². The van der Waals surface area contributed by atoms with E-state index in [1.54, 1.807) is 24.3 Å². The fraction of sp³-hybridized carbons (Fsp3) is 0.250. The van der Waals surface area contributed by atoms with Crippen LogP contribution in [0.4, 0.5) is 15.8 Å². The van der Waals surface area contributed by atoms with Crippen molar-refractivity contribution in [3.8, 4) is 0 Å². The topological polar surface area (TPSA) is 55.2 Å². The second-order valence-electron chi connectivity index (χ2n) is 8.13. The SMILES string of the molecule is O=[N+]([O-])c1ccccc1S[C@@H]1C[C@H]2[C@@H](c3cc(Br)ccc3N[C@H]2c2ccccc2F)[C@H]1Cl. The molecule has 3 aromatic carbocycles. The van der Waals surface area contributed by atoms with Gasteiger partial charge in [-0.15, -0.1) is 23.4 Å². The Morgan fingerprint density at radius 3 is 2.62 bits per heavy atom. The lowest BCUT2D eigenvalue weighted by atomic mass is 9.77. The molecule has 0 saturated heterocycles. The molecule has 1 N–H and O–H groups in total. The maximum atomic E-state index is 14.8. The largest absolute Gasteiger partial charge is 0.378 e. The molecule has 2 aliphatic rings. The Bertz CT molecular complexity index is 1200. The number of hydrogen-bond acceptors (Lipinski definition) is 4. The van der Waals surface area contributed by atoms with Crippen LogP contribution >= 0.6 is 39.3 Å². The van der Waals surface area contributed by atoms with E-state index in [1.165, 1.54) is 23.9 Å². The van der Waals surface area contributed by atoms with Crippen LogP contribution in [0.25, 0.3) is 0 Å². The van der Waals surface area contributed by atoms with Crippen LogP contribution in [0.2, 0.25) is 0 Å². The third-order valence-electron chi connectivity index (χ3n) is 6.36. The van der Waals surface area contributed by atoms with Gasteiger partial charge in [-0.2, -0.15) is 0 Å². The summed E-state index contributed by atoms with van der Waals surface area (Å²) in [4.78, 5) is 11.8. The van der Waals surface area contributed by atoms with Gasteiger partial charge in [0.15, 0.2) is 0 Å². The number of nitro benzene ring substituents is 1. The van der Waals surface area contributed by atoms with E-state index >= 15 is 0 Å². The number of para-hydroxylation sites is 1. The van der Waals surface area contributed by atoms with E-state index in [1.807, 2.05) is 24.3 Å². The lowest BCUT2D eigenvalue weighted by Crippen LogP contribution is -2.31. The van der Waals surface area contributed by atoms with Gasteiger partial charge in [0.2, 0.25) is 0 Å². The average Bonchev–Trinajstić information content (AvgIpc) is 3.10. The second kappa shape index (κ2) is 8.69. The number of rotatable bonds is 4. The number of nitro groups is 1. The van der Waals surface area contributed by atoms with Crippen LogP contribution in [0.5, 0.6) is 0 Å². The fourth-order valence-corrected chi connectivity index (χ4v) is 7.32. The van der Waals surface area contributed by atoms with Gasteiger partial charge >= 0.3 is 0 Å². The van der Waals surface area contributed by atoms with Gasteiger partial charge in [0.1, 0.15) is 5.82 Å². The monoisotopic (exact) mass is 532 g/mol. The first kappa shape index (κ1) is 21.7. The number of anilines is 1. The Morgan fingerprint density at radius 1 is 1.09 bits per heavy atom. The number of thioether (sulfide) groups is 1. The summed E-state index contributed by atoms with van der Waals surface area (Å²) in [5, 5.41) is 14.8. The quantitative estimate of drug-likeness (QED) is 0.214. The first-order valence-electron chi connectivity index (χ1n) is 10.3. The molecule has 32 heavy (non-hydrogen) atoms. The number of nitrogens with one attached hydrogen (secondary N) is 1. The minimum atomic E-state index is -0.357. The second-order valence-corrected chi connectivity index (χ2v) is 10.8. The zero-order chi connectivity index (χ0) is 22.4. The van der Waals surface area contributed by atoms with Gasteiger partial charge in [0, 0.05) is 33.0 Å². The van der Waals surface area contributed by atoms with Crippen molar-refractivity contribution in [3.63, 3.8) is 0 Å². The van der Waals surface area contributed by atoms with Crippen molar-refractivity contribution in [2.45, 2.75) is 33.9 Å². The third-order valence-corrected chi connectivity index (χ3v) is 8.96. The lowest BCUT2D eigenvalue weighted by Gasteiger charge is -2.38. The number of halogens is 3. The van der Waals surface area contributed by atoms with Crippen LogP contribution in [0.15, 0.2) is 76.1 Å². The van der Waals surface area contributed by atoms with Crippen molar-refractivity contribution < 1.29 is 9.31 Å². The molecular weight excluding hydrogens is 515 g/mol. The van der Waals surface area contributed by atoms with E-state index in [2.05, 4.69) is 27.3 Å². The molecule has 1 heterocycles. The zero-order valence-electron chi connectivity index (χ0n) is 16.8. The van der Waals surface area contributed by atoms with E-state index in [0.29, 0.717) is 16.9 Å². The van der Waals surface area contributed by atoms with Gasteiger partial charge in [-0.25, -0.2) is 4.39 Å². The van der Waals surface area contributed by atoms with Crippen LogP contribution in [-0.2, 0) is 0 Å². The van der Waals surface area contributed by atoms with Gasteiger partial charge in [-0.05, 0) is 48.2 Å². The van der Waals surface area contributed by atoms with Crippen molar-refractivity contribution in [3.05, 3.63) is 98.3 Å². The predicted octanol–water partition coefficient (Wildman–Crippen LogP) is 7.54. The molecule has 4 nitrogen and oxygen atoms in total. The lowest BCUT2D eigenvalue weighted by molar-refractivity contribution is -0.387. The van der Waals surface area contributed by atoms with Crippen molar-refractivity contribution in [1.82, 2.24) is 0 Å². The summed E-state index contributed by atoms with van der Waals surface area (Å²) in [7, 11) is 0. The highest BCUT2D eigenvalue weighted by Gasteiger charge is 2.50. The fourth-order valence-electron chi connectivity index (χ4n) is 4.99. The average molecular weight is 534 g/mol. The molecule has 0 radical (unpaired) electrons. The zero-order valence-corrected chi connectivity index (χ0v) is 19.9. The molecule has 0 unspecified atom stereocenters. The third kappa shape index (κ3) is 3.80. The Balaban J connectivity index is 1.55. The molecule has 1 aliphatic heterocycles. The smallest absolute Gasteiger partial charge is 0.282 e. The van der Waals surface area contributed by atoms with Gasteiger partial charge in [-0.1, -0.05) is 46.3 Å². The first-order valence-corrected chi connectivity index (χ1v) is 12.4. The van der Waals surface area contributed by atoms with Gasteiger partial charge in [0.25, 0.3) is 5.69 Å². The van der Waals surface area contributed by atoms with E-state index in [-0.39, 0.29) is 44.9 Å². The molecule has 1 saturated carbocycles. The van der Waals surface area contributed by atoms with Crippen molar-refractivity contribution in [1.29, 1.82) is 0 Å². The van der Waals surface area contributed by atoms with E-state index in [4.69, 9.17) is 11.6 Å².